The third kappa shape index (κ3) is 4.79. The number of carbonyl (C=O) groups is 2. The summed E-state index contributed by atoms with van der Waals surface area (Å²) in [6, 6.07) is 14.6. The summed E-state index contributed by atoms with van der Waals surface area (Å²) in [5.41, 5.74) is 2.57. The molecule has 7 nitrogen and oxygen atoms in total. The van der Waals surface area contributed by atoms with Crippen molar-refractivity contribution in [3.05, 3.63) is 54.1 Å². The van der Waals surface area contributed by atoms with Crippen molar-refractivity contribution in [3.8, 4) is 5.75 Å². The zero-order valence-corrected chi connectivity index (χ0v) is 20.7. The van der Waals surface area contributed by atoms with Gasteiger partial charge in [-0.05, 0) is 50.6 Å². The van der Waals surface area contributed by atoms with Crippen LogP contribution in [0.25, 0.3) is 10.9 Å². The van der Waals surface area contributed by atoms with E-state index in [0.717, 1.165) is 27.2 Å². The zero-order valence-electron chi connectivity index (χ0n) is 19.9. The first-order valence-corrected chi connectivity index (χ1v) is 12.7. The number of aromatic nitrogens is 1. The highest BCUT2D eigenvalue weighted by Gasteiger charge is 2.39. The van der Waals surface area contributed by atoms with Gasteiger partial charge in [0.15, 0.2) is 0 Å². The minimum atomic E-state index is -0.784. The van der Waals surface area contributed by atoms with E-state index in [1.165, 1.54) is 11.8 Å². The Morgan fingerprint density at radius 3 is 2.62 bits per heavy atom. The Hall–Kier alpha value is -2.97. The molecule has 0 unspecified atom stereocenters. The molecule has 1 aromatic heterocycles. The van der Waals surface area contributed by atoms with Crippen LogP contribution < -0.4 is 15.0 Å². The Morgan fingerprint density at radius 1 is 1.12 bits per heavy atom. The van der Waals surface area contributed by atoms with Gasteiger partial charge in [0, 0.05) is 49.0 Å². The van der Waals surface area contributed by atoms with Gasteiger partial charge in [0.25, 0.3) is 0 Å². The second-order valence-electron chi connectivity index (χ2n) is 8.02. The minimum absolute atomic E-state index is 0.107. The van der Waals surface area contributed by atoms with Gasteiger partial charge in [-0.3, -0.25) is 14.5 Å². The number of nitrogens with zero attached hydrogens (tertiary/aromatic N) is 2. The summed E-state index contributed by atoms with van der Waals surface area (Å²) in [4.78, 5) is 28.8. The molecule has 180 valence electrons. The SMILES string of the molecule is CCOCCCNC(=O)[C@@H]1c2c(n(C)c3ccccc23)SCC(=O)N1c1ccc(OCC)cc1. The number of anilines is 1. The fourth-order valence-electron chi connectivity index (χ4n) is 4.35. The largest absolute Gasteiger partial charge is 0.494 e. The van der Waals surface area contributed by atoms with Crippen LogP contribution in [0.4, 0.5) is 5.69 Å². The predicted octanol–water partition coefficient (Wildman–Crippen LogP) is 4.30. The summed E-state index contributed by atoms with van der Waals surface area (Å²) < 4.78 is 13.1. The number of aryl methyl sites for hydroxylation is 1. The number of rotatable bonds is 9. The van der Waals surface area contributed by atoms with Crippen molar-refractivity contribution >= 4 is 40.2 Å². The smallest absolute Gasteiger partial charge is 0.247 e. The molecule has 0 bridgehead atoms. The highest BCUT2D eigenvalue weighted by Crippen LogP contribution is 2.43. The van der Waals surface area contributed by atoms with Crippen LogP contribution in [0.5, 0.6) is 5.75 Å². The molecule has 2 amide bonds. The predicted molar refractivity (Wildman–Crippen MR) is 136 cm³/mol. The number of benzene rings is 2. The van der Waals surface area contributed by atoms with Gasteiger partial charge in [-0.2, -0.15) is 0 Å². The maximum Gasteiger partial charge on any atom is 0.247 e. The fourth-order valence-corrected chi connectivity index (χ4v) is 5.42. The van der Waals surface area contributed by atoms with Crippen LogP contribution in [0.3, 0.4) is 0 Å². The van der Waals surface area contributed by atoms with Crippen LogP contribution in [0.1, 0.15) is 31.9 Å². The van der Waals surface area contributed by atoms with Crippen molar-refractivity contribution in [2.24, 2.45) is 7.05 Å². The molecule has 2 heterocycles. The van der Waals surface area contributed by atoms with E-state index in [2.05, 4.69) is 9.88 Å². The molecule has 0 fully saturated rings. The molecule has 4 rings (SSSR count). The van der Waals surface area contributed by atoms with Gasteiger partial charge in [-0.25, -0.2) is 0 Å². The maximum absolute atomic E-state index is 13.7. The molecule has 1 atom stereocenters. The van der Waals surface area contributed by atoms with E-state index in [0.29, 0.717) is 38.5 Å². The fraction of sp³-hybridized carbons (Fsp3) is 0.385. The number of para-hydroxylation sites is 1. The van der Waals surface area contributed by atoms with Gasteiger partial charge in [-0.15, -0.1) is 0 Å². The molecule has 8 heteroatoms. The topological polar surface area (TPSA) is 72.8 Å². The van der Waals surface area contributed by atoms with Crippen molar-refractivity contribution in [2.45, 2.75) is 31.3 Å². The molecular weight excluding hydrogens is 450 g/mol. The highest BCUT2D eigenvalue weighted by atomic mass is 32.2. The summed E-state index contributed by atoms with van der Waals surface area (Å²) in [6.45, 7) is 6.14. The molecule has 0 radical (unpaired) electrons. The van der Waals surface area contributed by atoms with Crippen LogP contribution >= 0.6 is 11.8 Å². The van der Waals surface area contributed by atoms with Crippen molar-refractivity contribution in [3.63, 3.8) is 0 Å². The Labute approximate surface area is 204 Å². The first-order chi connectivity index (χ1) is 16.6. The molecule has 34 heavy (non-hydrogen) atoms. The number of fused-ring (bicyclic) bond motifs is 3. The van der Waals surface area contributed by atoms with Crippen LogP contribution in [0.2, 0.25) is 0 Å². The summed E-state index contributed by atoms with van der Waals surface area (Å²) in [6.07, 6.45) is 0.709. The number of thioether (sulfide) groups is 1. The number of hydrogen-bond acceptors (Lipinski definition) is 5. The van der Waals surface area contributed by atoms with E-state index < -0.39 is 6.04 Å². The lowest BCUT2D eigenvalue weighted by molar-refractivity contribution is -0.125. The van der Waals surface area contributed by atoms with E-state index in [-0.39, 0.29) is 17.6 Å². The second-order valence-corrected chi connectivity index (χ2v) is 8.98. The van der Waals surface area contributed by atoms with E-state index in [1.54, 1.807) is 4.90 Å². The first kappa shape index (κ1) is 24.2. The van der Waals surface area contributed by atoms with Gasteiger partial charge < -0.3 is 19.4 Å². The molecule has 0 spiro atoms. The number of carbonyl (C=O) groups excluding carboxylic acids is 2. The molecule has 0 saturated heterocycles. The molecule has 0 aliphatic carbocycles. The summed E-state index contributed by atoms with van der Waals surface area (Å²) in [5.74, 6) is 0.673. The standard InChI is InChI=1S/C26H31N3O4S/c1-4-32-16-8-15-27-25(31)24-23-20-9-6-7-10-21(20)28(3)26(23)34-17-22(30)29(24)18-11-13-19(14-12-18)33-5-2/h6-7,9-14,24H,4-5,8,15-17H2,1-3H3,(H,27,31)/t24-/m0/s1. The lowest BCUT2D eigenvalue weighted by Gasteiger charge is -2.30. The van der Waals surface area contributed by atoms with Crippen molar-refractivity contribution in [1.82, 2.24) is 9.88 Å². The molecule has 2 aromatic carbocycles. The van der Waals surface area contributed by atoms with Crippen molar-refractivity contribution in [2.75, 3.05) is 37.0 Å². The molecule has 0 saturated carbocycles. The van der Waals surface area contributed by atoms with Crippen LogP contribution in [-0.4, -0.2) is 48.5 Å². The molecule has 1 aliphatic rings. The first-order valence-electron chi connectivity index (χ1n) is 11.7. The molecule has 1 N–H and O–H groups in total. The van der Waals surface area contributed by atoms with E-state index in [1.807, 2.05) is 69.4 Å². The third-order valence-corrected chi connectivity index (χ3v) is 7.02. The number of hydrogen-bond donors (Lipinski definition) is 1. The van der Waals surface area contributed by atoms with Crippen molar-refractivity contribution in [1.29, 1.82) is 0 Å². The van der Waals surface area contributed by atoms with Crippen molar-refractivity contribution < 1.29 is 19.1 Å². The Kier molecular flexibility index (Phi) is 7.80. The average molecular weight is 482 g/mol. The molecule has 3 aromatic rings. The van der Waals surface area contributed by atoms with E-state index in [4.69, 9.17) is 9.47 Å². The molecule has 1 aliphatic heterocycles. The monoisotopic (exact) mass is 481 g/mol. The lowest BCUT2D eigenvalue weighted by atomic mass is 10.0. The van der Waals surface area contributed by atoms with Crippen LogP contribution in [0, 0.1) is 0 Å². The number of amides is 2. The maximum atomic E-state index is 13.7. The van der Waals surface area contributed by atoms with Crippen LogP contribution in [-0.2, 0) is 21.4 Å². The Bertz CT molecular complexity index is 1160. The Balaban J connectivity index is 1.78. The van der Waals surface area contributed by atoms with Gasteiger partial charge in [0.1, 0.15) is 11.8 Å². The quantitative estimate of drug-likeness (QED) is 0.462. The van der Waals surface area contributed by atoms with Gasteiger partial charge in [0.05, 0.1) is 17.4 Å². The van der Waals surface area contributed by atoms with Gasteiger partial charge in [-0.1, -0.05) is 30.0 Å². The number of ether oxygens (including phenoxy) is 2. The van der Waals surface area contributed by atoms with E-state index in [9.17, 15) is 9.59 Å². The summed E-state index contributed by atoms with van der Waals surface area (Å²) in [5, 5.41) is 4.97. The normalized spacial score (nSPS) is 15.8. The second kappa shape index (κ2) is 11.0. The van der Waals surface area contributed by atoms with Crippen LogP contribution in [0.15, 0.2) is 53.6 Å². The van der Waals surface area contributed by atoms with Gasteiger partial charge >= 0.3 is 0 Å². The van der Waals surface area contributed by atoms with Gasteiger partial charge in [0.2, 0.25) is 11.8 Å². The zero-order chi connectivity index (χ0) is 24.1. The molecular formula is C26H31N3O4S. The minimum Gasteiger partial charge on any atom is -0.494 e. The lowest BCUT2D eigenvalue weighted by Crippen LogP contribution is -2.44. The number of nitrogens with one attached hydrogen (secondary N) is 1. The van der Waals surface area contributed by atoms with E-state index >= 15 is 0 Å². The third-order valence-electron chi connectivity index (χ3n) is 5.87. The summed E-state index contributed by atoms with van der Waals surface area (Å²) >= 11 is 1.48. The summed E-state index contributed by atoms with van der Waals surface area (Å²) in [7, 11) is 1.99. The average Bonchev–Trinajstić information content (AvgIpc) is 3.02. The Morgan fingerprint density at radius 2 is 1.88 bits per heavy atom. The highest BCUT2D eigenvalue weighted by molar-refractivity contribution is 8.00.